The monoisotopic (exact) mass is 130 g/mol. The lowest BCUT2D eigenvalue weighted by molar-refractivity contribution is 0.298. The highest BCUT2D eigenvalue weighted by molar-refractivity contribution is 4.91. The van der Waals surface area contributed by atoms with Crippen molar-refractivity contribution < 1.29 is 4.39 Å². The van der Waals surface area contributed by atoms with E-state index in [-0.39, 0.29) is 0 Å². The molecule has 0 bridgehead atoms. The molecular weight excluding hydrogens is 115 g/mol. The molecule has 1 fully saturated rings. The van der Waals surface area contributed by atoms with Gasteiger partial charge in [0.25, 0.3) is 0 Å². The molecule has 54 valence electrons. The summed E-state index contributed by atoms with van der Waals surface area (Å²) in [5.41, 5.74) is 0. The van der Waals surface area contributed by atoms with Crippen molar-refractivity contribution in [3.8, 4) is 0 Å². The highest BCUT2D eigenvalue weighted by Gasteiger charge is 2.42. The summed E-state index contributed by atoms with van der Waals surface area (Å²) in [7, 11) is 0. The molecule has 1 saturated carbocycles. The lowest BCUT2D eigenvalue weighted by Crippen LogP contribution is -2.01. The lowest BCUT2D eigenvalue weighted by atomic mass is 10.1. The third-order valence-corrected chi connectivity index (χ3v) is 2.34. The predicted molar refractivity (Wildman–Crippen MR) is 37.0 cm³/mol. The maximum absolute atomic E-state index is 12.5. The molecule has 1 rings (SSSR count). The van der Waals surface area contributed by atoms with Gasteiger partial charge in [0.05, 0.1) is 0 Å². The molecule has 1 aliphatic carbocycles. The van der Waals surface area contributed by atoms with Gasteiger partial charge in [-0.05, 0) is 31.1 Å². The van der Waals surface area contributed by atoms with Gasteiger partial charge in [0, 0.05) is 0 Å². The number of hydrogen-bond donors (Lipinski definition) is 0. The zero-order valence-electron chi connectivity index (χ0n) is 6.39. The van der Waals surface area contributed by atoms with Crippen molar-refractivity contribution in [1.29, 1.82) is 0 Å². The minimum Gasteiger partial charge on any atom is -0.247 e. The molecule has 0 aromatic rings. The summed E-state index contributed by atoms with van der Waals surface area (Å²) in [4.78, 5) is 0. The van der Waals surface area contributed by atoms with Gasteiger partial charge in [-0.3, -0.25) is 0 Å². The third kappa shape index (κ3) is 1.44. The van der Waals surface area contributed by atoms with E-state index in [4.69, 9.17) is 0 Å². The van der Waals surface area contributed by atoms with Crippen molar-refractivity contribution >= 4 is 0 Å². The molecule has 0 spiro atoms. The van der Waals surface area contributed by atoms with E-state index in [0.29, 0.717) is 17.8 Å². The molecule has 3 unspecified atom stereocenters. The Kier molecular flexibility index (Phi) is 1.78. The Balaban J connectivity index is 2.24. The van der Waals surface area contributed by atoms with Crippen molar-refractivity contribution in [3.05, 3.63) is 0 Å². The van der Waals surface area contributed by atoms with Crippen LogP contribution in [0.4, 0.5) is 4.39 Å². The molecule has 0 nitrogen and oxygen atoms in total. The Bertz CT molecular complexity index is 84.7. The van der Waals surface area contributed by atoms with Crippen LogP contribution in [0.5, 0.6) is 0 Å². The van der Waals surface area contributed by atoms with E-state index in [1.54, 1.807) is 6.92 Å². The molecule has 0 aromatic carbocycles. The Morgan fingerprint density at radius 3 is 1.89 bits per heavy atom. The minimum atomic E-state index is -0.572. The van der Waals surface area contributed by atoms with Gasteiger partial charge in [-0.25, -0.2) is 4.39 Å². The van der Waals surface area contributed by atoms with Gasteiger partial charge < -0.3 is 0 Å². The van der Waals surface area contributed by atoms with E-state index in [0.717, 1.165) is 6.42 Å². The fourth-order valence-corrected chi connectivity index (χ4v) is 1.53. The van der Waals surface area contributed by atoms with Crippen LogP contribution in [0.2, 0.25) is 0 Å². The molecule has 0 aliphatic heterocycles. The van der Waals surface area contributed by atoms with E-state index in [1.807, 2.05) is 0 Å². The molecule has 0 radical (unpaired) electrons. The lowest BCUT2D eigenvalue weighted by Gasteiger charge is -2.02. The predicted octanol–water partition coefficient (Wildman–Crippen LogP) is 2.64. The van der Waals surface area contributed by atoms with Crippen LogP contribution in [0.3, 0.4) is 0 Å². The second-order valence-corrected chi connectivity index (χ2v) is 3.48. The van der Waals surface area contributed by atoms with E-state index >= 15 is 0 Å². The van der Waals surface area contributed by atoms with Gasteiger partial charge in [-0.2, -0.15) is 0 Å². The number of rotatable bonds is 2. The molecule has 1 heteroatoms. The van der Waals surface area contributed by atoms with E-state index in [2.05, 4.69) is 13.8 Å². The van der Waals surface area contributed by atoms with Crippen molar-refractivity contribution in [1.82, 2.24) is 0 Å². The molecule has 1 aliphatic rings. The summed E-state index contributed by atoms with van der Waals surface area (Å²) in [5.74, 6) is 1.77. The number of hydrogen-bond acceptors (Lipinski definition) is 0. The second kappa shape index (κ2) is 2.28. The molecule has 0 saturated heterocycles. The Morgan fingerprint density at radius 1 is 1.22 bits per heavy atom. The topological polar surface area (TPSA) is 0 Å². The molecule has 0 amide bonds. The van der Waals surface area contributed by atoms with Gasteiger partial charge in [-0.15, -0.1) is 0 Å². The van der Waals surface area contributed by atoms with Crippen LogP contribution in [0.15, 0.2) is 0 Å². The fraction of sp³-hybridized carbons (Fsp3) is 1.00. The minimum absolute atomic E-state index is 0.394. The maximum Gasteiger partial charge on any atom is 0.100 e. The Morgan fingerprint density at radius 2 is 1.78 bits per heavy atom. The smallest absolute Gasteiger partial charge is 0.100 e. The van der Waals surface area contributed by atoms with E-state index in [1.165, 1.54) is 0 Å². The highest BCUT2D eigenvalue weighted by Crippen LogP contribution is 2.47. The fourth-order valence-electron chi connectivity index (χ4n) is 1.53. The first-order valence-corrected chi connectivity index (χ1v) is 3.77. The summed E-state index contributed by atoms with van der Waals surface area (Å²) in [6.45, 7) is 6.02. The summed E-state index contributed by atoms with van der Waals surface area (Å²) >= 11 is 0. The standard InChI is InChI=1S/C8H15F/c1-5(2)7-4-8(7)6(3)9/h5-8H,4H2,1-3H3. The van der Waals surface area contributed by atoms with Crippen LogP contribution < -0.4 is 0 Å². The van der Waals surface area contributed by atoms with Crippen LogP contribution in [-0.2, 0) is 0 Å². The zero-order chi connectivity index (χ0) is 7.02. The van der Waals surface area contributed by atoms with Gasteiger partial charge in [0.15, 0.2) is 0 Å². The molecular formula is C8H15F. The first-order chi connectivity index (χ1) is 4.13. The molecule has 3 atom stereocenters. The van der Waals surface area contributed by atoms with Crippen molar-refractivity contribution in [3.63, 3.8) is 0 Å². The van der Waals surface area contributed by atoms with Crippen molar-refractivity contribution in [2.45, 2.75) is 33.4 Å². The largest absolute Gasteiger partial charge is 0.247 e. The van der Waals surface area contributed by atoms with Crippen molar-refractivity contribution in [2.24, 2.45) is 17.8 Å². The summed E-state index contributed by atoms with van der Waals surface area (Å²) < 4.78 is 12.5. The SMILES string of the molecule is CC(C)C1CC1C(C)F. The first kappa shape index (κ1) is 7.04. The zero-order valence-corrected chi connectivity index (χ0v) is 6.39. The van der Waals surface area contributed by atoms with Gasteiger partial charge in [-0.1, -0.05) is 13.8 Å². The molecule has 9 heavy (non-hydrogen) atoms. The maximum atomic E-state index is 12.5. The molecule has 0 N–H and O–H groups in total. The van der Waals surface area contributed by atoms with Crippen LogP contribution in [0.25, 0.3) is 0 Å². The van der Waals surface area contributed by atoms with Crippen LogP contribution in [0, 0.1) is 17.8 Å². The third-order valence-electron chi connectivity index (χ3n) is 2.34. The quantitative estimate of drug-likeness (QED) is 0.539. The first-order valence-electron chi connectivity index (χ1n) is 3.77. The summed E-state index contributed by atoms with van der Waals surface area (Å²) in [5, 5.41) is 0. The summed E-state index contributed by atoms with van der Waals surface area (Å²) in [6, 6.07) is 0. The average molecular weight is 130 g/mol. The highest BCUT2D eigenvalue weighted by atomic mass is 19.1. The van der Waals surface area contributed by atoms with Crippen LogP contribution in [-0.4, -0.2) is 6.17 Å². The van der Waals surface area contributed by atoms with Crippen LogP contribution >= 0.6 is 0 Å². The van der Waals surface area contributed by atoms with Crippen molar-refractivity contribution in [2.75, 3.05) is 0 Å². The van der Waals surface area contributed by atoms with E-state index < -0.39 is 6.17 Å². The van der Waals surface area contributed by atoms with Crippen LogP contribution in [0.1, 0.15) is 27.2 Å². The molecule has 0 aromatic heterocycles. The van der Waals surface area contributed by atoms with Gasteiger partial charge in [0.2, 0.25) is 0 Å². The number of alkyl halides is 1. The second-order valence-electron chi connectivity index (χ2n) is 3.48. The van der Waals surface area contributed by atoms with E-state index in [9.17, 15) is 4.39 Å². The number of halogens is 1. The Labute approximate surface area is 56.5 Å². The summed E-state index contributed by atoms with van der Waals surface area (Å²) in [6.07, 6.45) is 0.549. The normalized spacial score (nSPS) is 37.0. The average Bonchev–Trinajstić information content (AvgIpc) is 2.39. The Hall–Kier alpha value is -0.0700. The molecule has 0 heterocycles. The van der Waals surface area contributed by atoms with Gasteiger partial charge >= 0.3 is 0 Å². The van der Waals surface area contributed by atoms with Gasteiger partial charge in [0.1, 0.15) is 6.17 Å².